The normalized spacial score (nSPS) is 10.9. The monoisotopic (exact) mass is 230 g/mol. The van der Waals surface area contributed by atoms with E-state index in [2.05, 4.69) is 0 Å². The van der Waals surface area contributed by atoms with Gasteiger partial charge in [0.15, 0.2) is 0 Å². The van der Waals surface area contributed by atoms with Crippen LogP contribution in [0.5, 0.6) is 0 Å². The van der Waals surface area contributed by atoms with Gasteiger partial charge in [0.2, 0.25) is 0 Å². The molecule has 1 rings (SSSR count). The maximum atomic E-state index is 12.8. The van der Waals surface area contributed by atoms with Crippen LogP contribution in [0.25, 0.3) is 0 Å². The average molecular weight is 230 g/mol. The van der Waals surface area contributed by atoms with E-state index in [1.54, 1.807) is 6.92 Å². The van der Waals surface area contributed by atoms with Crippen molar-refractivity contribution in [1.82, 2.24) is 0 Å². The molecule has 72 valence electrons. The minimum absolute atomic E-state index is 0. The molecule has 0 aromatic heterocycles. The van der Waals surface area contributed by atoms with Gasteiger partial charge in [-0.05, 0) is 18.1 Å². The van der Waals surface area contributed by atoms with Gasteiger partial charge < -0.3 is 12.9 Å². The van der Waals surface area contributed by atoms with E-state index < -0.39 is 18.3 Å². The zero-order valence-corrected chi connectivity index (χ0v) is 11.2. The molecule has 1 aromatic carbocycles. The molecule has 0 aliphatic rings. The Bertz CT molecular complexity index is 311. The second-order valence-electron chi connectivity index (χ2n) is 2.78. The fourth-order valence-electron chi connectivity index (χ4n) is 1.07. The molecule has 1 aromatic rings. The van der Waals surface area contributed by atoms with Crippen molar-refractivity contribution in [3.63, 3.8) is 0 Å². The van der Waals surface area contributed by atoms with Gasteiger partial charge in [-0.25, -0.2) is 4.39 Å². The van der Waals surface area contributed by atoms with E-state index >= 15 is 0 Å². The molecule has 0 radical (unpaired) electrons. The first-order chi connectivity index (χ1) is 5.95. The van der Waals surface area contributed by atoms with Crippen LogP contribution in [0, 0.1) is 5.82 Å². The molecule has 0 fully saturated rings. The van der Waals surface area contributed by atoms with E-state index in [0.29, 0.717) is 0 Å². The first-order valence-electron chi connectivity index (χ1n) is 3.93. The van der Waals surface area contributed by atoms with Crippen molar-refractivity contribution in [2.75, 3.05) is 0 Å². The number of hydrogen-bond donors (Lipinski definition) is 0. The van der Waals surface area contributed by atoms with E-state index in [4.69, 9.17) is 0 Å². The summed E-state index contributed by atoms with van der Waals surface area (Å²) in [7, 11) is 0. The molecule has 0 spiro atoms. The Morgan fingerprint density at radius 3 is 2.21 bits per heavy atom. The Morgan fingerprint density at radius 2 is 1.79 bits per heavy atom. The standard InChI is InChI=1S/C8H8BF4.K/c1-2-6-5-7(9(11,12)13)3-4-8(6)10;/h3-5H,2H2,1H3;/q-1;+1. The van der Waals surface area contributed by atoms with Crippen LogP contribution in [-0.4, -0.2) is 6.98 Å². The summed E-state index contributed by atoms with van der Waals surface area (Å²) in [6.07, 6.45) is 0.270. The number of halogens is 4. The van der Waals surface area contributed by atoms with Crippen molar-refractivity contribution in [2.45, 2.75) is 13.3 Å². The summed E-state index contributed by atoms with van der Waals surface area (Å²) in [5, 5.41) is 0. The maximum absolute atomic E-state index is 12.8. The summed E-state index contributed by atoms with van der Waals surface area (Å²) >= 11 is 0. The number of aryl methyl sites for hydroxylation is 1. The van der Waals surface area contributed by atoms with Crippen molar-refractivity contribution in [1.29, 1.82) is 0 Å². The molecule has 0 atom stereocenters. The fourth-order valence-corrected chi connectivity index (χ4v) is 1.07. The van der Waals surface area contributed by atoms with E-state index in [9.17, 15) is 17.3 Å². The molecule has 0 heterocycles. The Morgan fingerprint density at radius 1 is 1.21 bits per heavy atom. The van der Waals surface area contributed by atoms with Crippen molar-refractivity contribution >= 4 is 12.4 Å². The molecule has 0 unspecified atom stereocenters. The van der Waals surface area contributed by atoms with E-state index in [1.165, 1.54) is 0 Å². The van der Waals surface area contributed by atoms with Gasteiger partial charge in [-0.1, -0.05) is 19.1 Å². The SMILES string of the molecule is CCc1cc([B-](F)(F)F)ccc1F.[K+]. The molecule has 0 aliphatic carbocycles. The van der Waals surface area contributed by atoms with Crippen molar-refractivity contribution < 1.29 is 68.7 Å². The average Bonchev–Trinajstić information content (AvgIpc) is 2.03. The Hall–Kier alpha value is 0.641. The first kappa shape index (κ1) is 14.6. The van der Waals surface area contributed by atoms with E-state index in [-0.39, 0.29) is 63.4 Å². The summed E-state index contributed by atoms with van der Waals surface area (Å²) in [5.41, 5.74) is -0.630. The van der Waals surface area contributed by atoms with Gasteiger partial charge in [0.1, 0.15) is 5.82 Å². The molecule has 0 bridgehead atoms. The quantitative estimate of drug-likeness (QED) is 0.472. The van der Waals surface area contributed by atoms with Gasteiger partial charge in [-0.3, -0.25) is 0 Å². The van der Waals surface area contributed by atoms with Crippen LogP contribution in [0.4, 0.5) is 17.3 Å². The molecule has 6 heteroatoms. The summed E-state index contributed by atoms with van der Waals surface area (Å²) in [4.78, 5) is 0. The minimum atomic E-state index is -5.01. The van der Waals surface area contributed by atoms with Crippen LogP contribution in [0.3, 0.4) is 0 Å². The number of benzene rings is 1. The molecule has 0 saturated heterocycles. The van der Waals surface area contributed by atoms with Gasteiger partial charge in [0.25, 0.3) is 0 Å². The van der Waals surface area contributed by atoms with E-state index in [0.717, 1.165) is 18.2 Å². The minimum Gasteiger partial charge on any atom is -0.445 e. The van der Waals surface area contributed by atoms with Crippen LogP contribution in [-0.2, 0) is 6.42 Å². The molecular weight excluding hydrogens is 222 g/mol. The summed E-state index contributed by atoms with van der Waals surface area (Å²) in [5.74, 6) is -0.577. The Balaban J connectivity index is 0.00000169. The Labute approximate surface area is 123 Å². The van der Waals surface area contributed by atoms with Crippen LogP contribution < -0.4 is 56.8 Å². The third-order valence-electron chi connectivity index (χ3n) is 1.83. The number of hydrogen-bond acceptors (Lipinski definition) is 0. The predicted octanol–water partition coefficient (Wildman–Crippen LogP) is -0.554. The van der Waals surface area contributed by atoms with Gasteiger partial charge in [-0.2, -0.15) is 0 Å². The van der Waals surface area contributed by atoms with Crippen molar-refractivity contribution in [2.24, 2.45) is 0 Å². The maximum Gasteiger partial charge on any atom is 1.00 e. The summed E-state index contributed by atoms with van der Waals surface area (Å²) < 4.78 is 49.3. The molecule has 0 N–H and O–H groups in total. The second-order valence-corrected chi connectivity index (χ2v) is 2.78. The molecule has 0 amide bonds. The molecule has 14 heavy (non-hydrogen) atoms. The second kappa shape index (κ2) is 5.65. The van der Waals surface area contributed by atoms with E-state index in [1.807, 2.05) is 0 Å². The van der Waals surface area contributed by atoms with Gasteiger partial charge in [0.05, 0.1) is 0 Å². The Kier molecular flexibility index (Phi) is 5.91. The van der Waals surface area contributed by atoms with Crippen LogP contribution in [0.1, 0.15) is 12.5 Å². The molecule has 0 aliphatic heterocycles. The molecule has 0 saturated carbocycles. The molecular formula is C8H8BF4K. The topological polar surface area (TPSA) is 0 Å². The predicted molar refractivity (Wildman–Crippen MR) is 44.5 cm³/mol. The van der Waals surface area contributed by atoms with Crippen LogP contribution in [0.2, 0.25) is 0 Å². The van der Waals surface area contributed by atoms with Gasteiger partial charge in [0, 0.05) is 0 Å². The van der Waals surface area contributed by atoms with Crippen LogP contribution in [0.15, 0.2) is 18.2 Å². The zero-order chi connectivity index (χ0) is 10.1. The smallest absolute Gasteiger partial charge is 0.445 e. The fraction of sp³-hybridized carbons (Fsp3) is 0.250. The third-order valence-corrected chi connectivity index (χ3v) is 1.83. The third kappa shape index (κ3) is 3.66. The summed E-state index contributed by atoms with van der Waals surface area (Å²) in [6.45, 7) is -3.40. The van der Waals surface area contributed by atoms with Gasteiger partial charge in [-0.15, -0.1) is 5.46 Å². The number of rotatable bonds is 2. The van der Waals surface area contributed by atoms with Crippen molar-refractivity contribution in [3.05, 3.63) is 29.6 Å². The summed E-state index contributed by atoms with van der Waals surface area (Å²) in [6, 6.07) is 2.51. The zero-order valence-electron chi connectivity index (χ0n) is 8.03. The van der Waals surface area contributed by atoms with Crippen molar-refractivity contribution in [3.8, 4) is 0 Å². The first-order valence-corrected chi connectivity index (χ1v) is 3.93. The van der Waals surface area contributed by atoms with Crippen LogP contribution >= 0.6 is 0 Å². The van der Waals surface area contributed by atoms with Gasteiger partial charge >= 0.3 is 58.4 Å². The largest absolute Gasteiger partial charge is 1.00 e. The molecule has 0 nitrogen and oxygen atoms in total.